The lowest BCUT2D eigenvalue weighted by molar-refractivity contribution is -0.116. The molecule has 0 saturated carbocycles. The van der Waals surface area contributed by atoms with Gasteiger partial charge < -0.3 is 10.1 Å². The van der Waals surface area contributed by atoms with Crippen LogP contribution in [0.25, 0.3) is 0 Å². The van der Waals surface area contributed by atoms with Crippen molar-refractivity contribution >= 4 is 21.6 Å². The SMILES string of the molecule is COc1ccc([C@@H](CC(=O)Nc2cccc(C)c2C)NS(C)(=O)=O)cc1. The number of rotatable bonds is 7. The van der Waals surface area contributed by atoms with Crippen LogP contribution >= 0.6 is 0 Å². The van der Waals surface area contributed by atoms with E-state index < -0.39 is 16.1 Å². The van der Waals surface area contributed by atoms with Gasteiger partial charge in [0.1, 0.15) is 5.75 Å². The molecule has 6 nitrogen and oxygen atoms in total. The number of anilines is 1. The first-order chi connectivity index (χ1) is 12.2. The fraction of sp³-hybridized carbons (Fsp3) is 0.316. The van der Waals surface area contributed by atoms with Crippen LogP contribution < -0.4 is 14.8 Å². The lowest BCUT2D eigenvalue weighted by atomic mass is 10.0. The highest BCUT2D eigenvalue weighted by atomic mass is 32.2. The predicted octanol–water partition coefficient (Wildman–Crippen LogP) is 2.93. The molecule has 0 aliphatic carbocycles. The number of hydrogen-bond donors (Lipinski definition) is 2. The number of carbonyl (C=O) groups excluding carboxylic acids is 1. The van der Waals surface area contributed by atoms with Crippen molar-refractivity contribution in [1.82, 2.24) is 4.72 Å². The third kappa shape index (κ3) is 5.57. The molecule has 0 aliphatic rings. The highest BCUT2D eigenvalue weighted by Gasteiger charge is 2.20. The van der Waals surface area contributed by atoms with E-state index in [-0.39, 0.29) is 12.3 Å². The number of methoxy groups -OCH3 is 1. The first kappa shape index (κ1) is 19.9. The molecule has 0 radical (unpaired) electrons. The maximum absolute atomic E-state index is 12.5. The molecule has 140 valence electrons. The summed E-state index contributed by atoms with van der Waals surface area (Å²) in [6.07, 6.45) is 1.05. The van der Waals surface area contributed by atoms with Gasteiger partial charge in [-0.3, -0.25) is 4.79 Å². The van der Waals surface area contributed by atoms with Crippen molar-refractivity contribution in [2.24, 2.45) is 0 Å². The smallest absolute Gasteiger partial charge is 0.226 e. The van der Waals surface area contributed by atoms with E-state index in [1.54, 1.807) is 31.4 Å². The number of ether oxygens (including phenoxy) is 1. The fourth-order valence-electron chi connectivity index (χ4n) is 2.60. The molecule has 0 aromatic heterocycles. The van der Waals surface area contributed by atoms with E-state index in [9.17, 15) is 13.2 Å². The van der Waals surface area contributed by atoms with Gasteiger partial charge in [0, 0.05) is 12.1 Å². The fourth-order valence-corrected chi connectivity index (χ4v) is 3.33. The van der Waals surface area contributed by atoms with Gasteiger partial charge in [-0.15, -0.1) is 0 Å². The van der Waals surface area contributed by atoms with E-state index in [4.69, 9.17) is 4.74 Å². The van der Waals surface area contributed by atoms with Gasteiger partial charge in [-0.05, 0) is 48.7 Å². The van der Waals surface area contributed by atoms with E-state index in [2.05, 4.69) is 10.0 Å². The average Bonchev–Trinajstić information content (AvgIpc) is 2.57. The lowest BCUT2D eigenvalue weighted by Gasteiger charge is -2.19. The Balaban J connectivity index is 2.19. The predicted molar refractivity (Wildman–Crippen MR) is 103 cm³/mol. The maximum atomic E-state index is 12.5. The number of aryl methyl sites for hydroxylation is 1. The summed E-state index contributed by atoms with van der Waals surface area (Å²) in [5, 5.41) is 2.86. The number of benzene rings is 2. The van der Waals surface area contributed by atoms with Crippen LogP contribution in [0.4, 0.5) is 5.69 Å². The van der Waals surface area contributed by atoms with Gasteiger partial charge in [0.05, 0.1) is 19.4 Å². The van der Waals surface area contributed by atoms with Crippen molar-refractivity contribution in [3.05, 3.63) is 59.2 Å². The molecule has 2 aromatic carbocycles. The molecule has 7 heteroatoms. The van der Waals surface area contributed by atoms with E-state index in [0.717, 1.165) is 23.1 Å². The van der Waals surface area contributed by atoms with Crippen LogP contribution in [-0.4, -0.2) is 27.7 Å². The largest absolute Gasteiger partial charge is 0.497 e. The van der Waals surface area contributed by atoms with Crippen molar-refractivity contribution < 1.29 is 17.9 Å². The Morgan fingerprint density at radius 1 is 1.12 bits per heavy atom. The van der Waals surface area contributed by atoms with E-state index in [1.165, 1.54) is 0 Å². The van der Waals surface area contributed by atoms with E-state index in [1.807, 2.05) is 32.0 Å². The zero-order valence-electron chi connectivity index (χ0n) is 15.4. The molecule has 0 unspecified atom stereocenters. The summed E-state index contributed by atoms with van der Waals surface area (Å²) in [6.45, 7) is 3.90. The minimum atomic E-state index is -3.48. The van der Waals surface area contributed by atoms with Gasteiger partial charge in [0.25, 0.3) is 0 Å². The zero-order chi connectivity index (χ0) is 19.3. The Labute approximate surface area is 154 Å². The highest BCUT2D eigenvalue weighted by Crippen LogP contribution is 2.23. The molecule has 1 atom stereocenters. The van der Waals surface area contributed by atoms with Crippen LogP contribution in [0, 0.1) is 13.8 Å². The van der Waals surface area contributed by atoms with Crippen molar-refractivity contribution in [2.75, 3.05) is 18.7 Å². The second-order valence-electron chi connectivity index (χ2n) is 6.22. The molecular formula is C19H24N2O4S. The lowest BCUT2D eigenvalue weighted by Crippen LogP contribution is -2.30. The van der Waals surface area contributed by atoms with Gasteiger partial charge in [0.2, 0.25) is 15.9 Å². The summed E-state index contributed by atoms with van der Waals surface area (Å²) < 4.78 is 31.1. The topological polar surface area (TPSA) is 84.5 Å². The Kier molecular flexibility index (Phi) is 6.39. The highest BCUT2D eigenvalue weighted by molar-refractivity contribution is 7.88. The van der Waals surface area contributed by atoms with Crippen molar-refractivity contribution in [3.63, 3.8) is 0 Å². The molecule has 0 fully saturated rings. The number of amides is 1. The molecule has 26 heavy (non-hydrogen) atoms. The van der Waals surface area contributed by atoms with E-state index >= 15 is 0 Å². The van der Waals surface area contributed by atoms with Gasteiger partial charge >= 0.3 is 0 Å². The quantitative estimate of drug-likeness (QED) is 0.778. The van der Waals surface area contributed by atoms with Gasteiger partial charge in [-0.2, -0.15) is 0 Å². The number of carbonyl (C=O) groups is 1. The zero-order valence-corrected chi connectivity index (χ0v) is 16.2. The summed E-state index contributed by atoms with van der Waals surface area (Å²) in [5.74, 6) is 0.391. The summed E-state index contributed by atoms with van der Waals surface area (Å²) in [6, 6.07) is 11.9. The number of sulfonamides is 1. The Morgan fingerprint density at radius 3 is 2.35 bits per heavy atom. The van der Waals surface area contributed by atoms with Crippen molar-refractivity contribution in [3.8, 4) is 5.75 Å². The molecule has 2 rings (SSSR count). The first-order valence-corrected chi connectivity index (χ1v) is 10.1. The molecule has 2 N–H and O–H groups in total. The molecular weight excluding hydrogens is 352 g/mol. The molecule has 0 heterocycles. The van der Waals surface area contributed by atoms with Crippen LogP contribution in [0.1, 0.15) is 29.2 Å². The Morgan fingerprint density at radius 2 is 1.77 bits per heavy atom. The average molecular weight is 376 g/mol. The maximum Gasteiger partial charge on any atom is 0.226 e. The van der Waals surface area contributed by atoms with Gasteiger partial charge in [-0.25, -0.2) is 13.1 Å². The standard InChI is InChI=1S/C19H24N2O4S/c1-13-6-5-7-17(14(13)2)20-19(22)12-18(21-26(4,23)24)15-8-10-16(25-3)11-9-15/h5-11,18,21H,12H2,1-4H3,(H,20,22)/t18-/m1/s1. The Hall–Kier alpha value is -2.38. The summed E-state index contributed by atoms with van der Waals surface area (Å²) >= 11 is 0. The molecule has 1 amide bonds. The van der Waals surface area contributed by atoms with Gasteiger partial charge in [-0.1, -0.05) is 24.3 Å². The molecule has 0 bridgehead atoms. The molecule has 2 aromatic rings. The third-order valence-corrected chi connectivity index (χ3v) is 4.86. The normalized spacial score (nSPS) is 12.5. The second kappa shape index (κ2) is 8.33. The minimum absolute atomic E-state index is 0.0211. The molecule has 0 aliphatic heterocycles. The summed E-state index contributed by atoms with van der Waals surface area (Å²) in [4.78, 5) is 12.5. The van der Waals surface area contributed by atoms with Crippen LogP contribution in [0.15, 0.2) is 42.5 Å². The van der Waals surface area contributed by atoms with Crippen molar-refractivity contribution in [1.29, 1.82) is 0 Å². The van der Waals surface area contributed by atoms with Gasteiger partial charge in [0.15, 0.2) is 0 Å². The minimum Gasteiger partial charge on any atom is -0.497 e. The number of nitrogens with one attached hydrogen (secondary N) is 2. The first-order valence-electron chi connectivity index (χ1n) is 8.17. The summed E-state index contributed by atoms with van der Waals surface area (Å²) in [7, 11) is -1.93. The van der Waals surface area contributed by atoms with Crippen LogP contribution in [-0.2, 0) is 14.8 Å². The van der Waals surface area contributed by atoms with Crippen LogP contribution in [0.3, 0.4) is 0 Å². The molecule has 0 spiro atoms. The summed E-state index contributed by atoms with van der Waals surface area (Å²) in [5.41, 5.74) is 3.47. The molecule has 0 saturated heterocycles. The second-order valence-corrected chi connectivity index (χ2v) is 8.00. The third-order valence-electron chi connectivity index (χ3n) is 4.14. The van der Waals surface area contributed by atoms with Crippen LogP contribution in [0.5, 0.6) is 5.75 Å². The van der Waals surface area contributed by atoms with Crippen molar-refractivity contribution in [2.45, 2.75) is 26.3 Å². The monoisotopic (exact) mass is 376 g/mol. The number of hydrogen-bond acceptors (Lipinski definition) is 4. The van der Waals surface area contributed by atoms with Crippen LogP contribution in [0.2, 0.25) is 0 Å². The Bertz CT molecular complexity index is 877. The van der Waals surface area contributed by atoms with E-state index in [0.29, 0.717) is 11.3 Å².